The first-order valence-corrected chi connectivity index (χ1v) is 9.98. The van der Waals surface area contributed by atoms with Crippen molar-refractivity contribution in [1.29, 1.82) is 0 Å². The average Bonchev–Trinajstić information content (AvgIpc) is 3.24. The summed E-state index contributed by atoms with van der Waals surface area (Å²) in [7, 11) is 0. The van der Waals surface area contributed by atoms with Crippen molar-refractivity contribution in [2.24, 2.45) is 0 Å². The Morgan fingerprint density at radius 3 is 2.41 bits per heavy atom. The lowest BCUT2D eigenvalue weighted by atomic mass is 10.1. The minimum atomic E-state index is -4.40. The molecule has 3 heterocycles. The zero-order valence-electron chi connectivity index (χ0n) is 17.2. The molecule has 2 aromatic carbocycles. The van der Waals surface area contributed by atoms with Gasteiger partial charge in [-0.15, -0.1) is 5.10 Å². The predicted octanol–water partition coefficient (Wildman–Crippen LogP) is 4.71. The van der Waals surface area contributed by atoms with Gasteiger partial charge in [0.25, 0.3) is 0 Å². The van der Waals surface area contributed by atoms with E-state index in [-0.39, 0.29) is 17.9 Å². The fourth-order valence-electron chi connectivity index (χ4n) is 3.40. The topological polar surface area (TPSA) is 71.2 Å². The van der Waals surface area contributed by atoms with Gasteiger partial charge in [0.05, 0.1) is 16.8 Å². The summed E-state index contributed by atoms with van der Waals surface area (Å²) in [6.07, 6.45) is -1.27. The molecule has 0 aliphatic heterocycles. The van der Waals surface area contributed by atoms with Crippen LogP contribution in [0.2, 0.25) is 0 Å². The standard InChI is InChI=1S/C23H13F5N6/c24-17-3-1-2-16(21(17)25)22-30-19-10-29-34(12-20(19)31-22)11-15-8-9-18(33-32-15)13-4-6-14(7-5-13)23(26,27)28/h1-10,12H,11H2/p+1. The SMILES string of the molecule is Fc1cccc(-c2nc3cn[n+](Cc4ccc(-c5ccc(C(F)(F)F)cc5)nn4)cc3[nH]2)c1F. The molecule has 1 N–H and O–H groups in total. The monoisotopic (exact) mass is 469 g/mol. The second kappa shape index (κ2) is 8.25. The van der Waals surface area contributed by atoms with Crippen molar-refractivity contribution in [2.75, 3.05) is 0 Å². The summed E-state index contributed by atoms with van der Waals surface area (Å²) in [5.74, 6) is -1.79. The lowest BCUT2D eigenvalue weighted by Gasteiger charge is -2.07. The van der Waals surface area contributed by atoms with E-state index in [4.69, 9.17) is 0 Å². The summed E-state index contributed by atoms with van der Waals surface area (Å²) in [5.41, 5.74) is 1.80. The minimum absolute atomic E-state index is 0.00692. The first-order valence-electron chi connectivity index (χ1n) is 9.98. The fraction of sp³-hybridized carbons (Fsp3) is 0.0870. The van der Waals surface area contributed by atoms with E-state index in [0.717, 1.165) is 18.2 Å². The Kier molecular flexibility index (Phi) is 5.23. The van der Waals surface area contributed by atoms with Crippen LogP contribution in [0.4, 0.5) is 22.0 Å². The number of fused-ring (bicyclic) bond motifs is 1. The van der Waals surface area contributed by atoms with Gasteiger partial charge in [-0.1, -0.05) is 22.9 Å². The third-order valence-electron chi connectivity index (χ3n) is 5.13. The maximum atomic E-state index is 14.1. The summed E-state index contributed by atoms with van der Waals surface area (Å²) in [6.45, 7) is 0.249. The summed E-state index contributed by atoms with van der Waals surface area (Å²) >= 11 is 0. The van der Waals surface area contributed by atoms with Gasteiger partial charge in [-0.2, -0.15) is 18.3 Å². The quantitative estimate of drug-likeness (QED) is 0.306. The van der Waals surface area contributed by atoms with E-state index in [1.807, 2.05) is 0 Å². The van der Waals surface area contributed by atoms with E-state index in [2.05, 4.69) is 25.3 Å². The van der Waals surface area contributed by atoms with Crippen LogP contribution in [0.1, 0.15) is 11.3 Å². The first kappa shape index (κ1) is 21.6. The Morgan fingerprint density at radius 2 is 1.71 bits per heavy atom. The Bertz CT molecular complexity index is 1480. The number of benzene rings is 2. The maximum absolute atomic E-state index is 14.1. The molecule has 0 aliphatic rings. The van der Waals surface area contributed by atoms with Crippen molar-refractivity contribution >= 4 is 11.0 Å². The van der Waals surface area contributed by atoms with E-state index in [0.29, 0.717) is 28.0 Å². The molecule has 6 nitrogen and oxygen atoms in total. The number of H-pyrrole nitrogens is 1. The highest BCUT2D eigenvalue weighted by Gasteiger charge is 2.30. The number of nitrogens with zero attached hydrogens (tertiary/aromatic N) is 5. The van der Waals surface area contributed by atoms with Gasteiger partial charge in [0.1, 0.15) is 28.7 Å². The molecular weight excluding hydrogens is 455 g/mol. The number of aromatic nitrogens is 6. The normalized spacial score (nSPS) is 11.8. The van der Waals surface area contributed by atoms with Crippen LogP contribution in [0.3, 0.4) is 0 Å². The highest BCUT2D eigenvalue weighted by molar-refractivity contribution is 5.77. The molecule has 0 saturated carbocycles. The number of imidazole rings is 1. The third-order valence-corrected chi connectivity index (χ3v) is 5.13. The molecule has 34 heavy (non-hydrogen) atoms. The molecule has 11 heteroatoms. The molecule has 3 aromatic heterocycles. The van der Waals surface area contributed by atoms with Crippen LogP contribution >= 0.6 is 0 Å². The van der Waals surface area contributed by atoms with Gasteiger partial charge in [-0.25, -0.2) is 13.8 Å². The van der Waals surface area contributed by atoms with E-state index in [1.54, 1.807) is 23.0 Å². The summed E-state index contributed by atoms with van der Waals surface area (Å²) in [6, 6.07) is 11.9. The Hall–Kier alpha value is -4.28. The molecule has 0 saturated heterocycles. The van der Waals surface area contributed by atoms with Crippen LogP contribution < -0.4 is 4.68 Å². The van der Waals surface area contributed by atoms with Gasteiger partial charge >= 0.3 is 6.18 Å². The minimum Gasteiger partial charge on any atom is -0.333 e. The van der Waals surface area contributed by atoms with E-state index >= 15 is 0 Å². The van der Waals surface area contributed by atoms with Gasteiger partial charge in [0.15, 0.2) is 11.6 Å². The highest BCUT2D eigenvalue weighted by Crippen LogP contribution is 2.30. The van der Waals surface area contributed by atoms with E-state index in [9.17, 15) is 22.0 Å². The highest BCUT2D eigenvalue weighted by atomic mass is 19.4. The molecule has 0 amide bonds. The molecular formula is C23H14F5N6+. The Morgan fingerprint density at radius 1 is 0.912 bits per heavy atom. The van der Waals surface area contributed by atoms with Crippen molar-refractivity contribution in [2.45, 2.75) is 12.7 Å². The van der Waals surface area contributed by atoms with Crippen molar-refractivity contribution in [3.8, 4) is 22.6 Å². The molecule has 5 rings (SSSR count). The lowest BCUT2D eigenvalue weighted by Crippen LogP contribution is -2.38. The average molecular weight is 469 g/mol. The fourth-order valence-corrected chi connectivity index (χ4v) is 3.40. The number of alkyl halides is 3. The first-order chi connectivity index (χ1) is 16.3. The van der Waals surface area contributed by atoms with Crippen molar-refractivity contribution in [3.05, 3.63) is 89.9 Å². The summed E-state index contributed by atoms with van der Waals surface area (Å²) in [5, 5.41) is 12.5. The largest absolute Gasteiger partial charge is 0.416 e. The van der Waals surface area contributed by atoms with Gasteiger partial charge in [-0.05, 0) is 41.5 Å². The molecule has 0 unspecified atom stereocenters. The van der Waals surface area contributed by atoms with Crippen LogP contribution in [-0.2, 0) is 12.7 Å². The number of halogens is 5. The van der Waals surface area contributed by atoms with Crippen molar-refractivity contribution < 1.29 is 26.6 Å². The van der Waals surface area contributed by atoms with Crippen LogP contribution in [0.15, 0.2) is 67.0 Å². The van der Waals surface area contributed by atoms with Gasteiger partial charge in [-0.3, -0.25) is 0 Å². The third kappa shape index (κ3) is 4.19. The van der Waals surface area contributed by atoms with Gasteiger partial charge in [0, 0.05) is 5.56 Å². The molecule has 5 aromatic rings. The van der Waals surface area contributed by atoms with Crippen LogP contribution in [-0.4, -0.2) is 25.3 Å². The van der Waals surface area contributed by atoms with Crippen LogP contribution in [0.5, 0.6) is 0 Å². The van der Waals surface area contributed by atoms with Gasteiger partial charge in [0.2, 0.25) is 12.7 Å². The van der Waals surface area contributed by atoms with Crippen molar-refractivity contribution in [3.63, 3.8) is 0 Å². The number of hydrogen-bond acceptors (Lipinski definition) is 4. The zero-order valence-corrected chi connectivity index (χ0v) is 17.2. The second-order valence-electron chi connectivity index (χ2n) is 7.44. The molecule has 0 fully saturated rings. The Labute approximate surface area is 188 Å². The number of nitrogens with one attached hydrogen (secondary N) is 1. The predicted molar refractivity (Wildman–Crippen MR) is 111 cm³/mol. The molecule has 0 spiro atoms. The lowest BCUT2D eigenvalue weighted by molar-refractivity contribution is -0.745. The molecule has 170 valence electrons. The number of rotatable bonds is 4. The van der Waals surface area contributed by atoms with E-state index < -0.39 is 23.4 Å². The van der Waals surface area contributed by atoms with Crippen LogP contribution in [0, 0.1) is 11.6 Å². The smallest absolute Gasteiger partial charge is 0.333 e. The second-order valence-corrected chi connectivity index (χ2v) is 7.44. The molecule has 0 radical (unpaired) electrons. The summed E-state index contributed by atoms with van der Waals surface area (Å²) < 4.78 is 67.4. The number of hydrogen-bond donors (Lipinski definition) is 1. The molecule has 0 atom stereocenters. The van der Waals surface area contributed by atoms with Gasteiger partial charge < -0.3 is 4.98 Å². The Balaban J connectivity index is 1.35. The summed E-state index contributed by atoms with van der Waals surface area (Å²) in [4.78, 5) is 7.22. The van der Waals surface area contributed by atoms with E-state index in [1.165, 1.54) is 30.5 Å². The zero-order chi connectivity index (χ0) is 23.9. The van der Waals surface area contributed by atoms with Crippen LogP contribution in [0.25, 0.3) is 33.7 Å². The molecule has 0 bridgehead atoms. The van der Waals surface area contributed by atoms with Crippen molar-refractivity contribution in [1.82, 2.24) is 25.3 Å². The number of aromatic amines is 1. The maximum Gasteiger partial charge on any atom is 0.416 e. The molecule has 0 aliphatic carbocycles.